The SMILES string of the molecule is Cn1cccc1-c1c(F)c(F)c(F)c(F)c1F. The highest BCUT2D eigenvalue weighted by Gasteiger charge is 2.27. The van der Waals surface area contributed by atoms with Crippen LogP contribution in [0.15, 0.2) is 18.3 Å². The van der Waals surface area contributed by atoms with E-state index in [-0.39, 0.29) is 5.69 Å². The van der Waals surface area contributed by atoms with E-state index in [0.29, 0.717) is 0 Å². The number of hydrogen-bond donors (Lipinski definition) is 0. The van der Waals surface area contributed by atoms with Gasteiger partial charge in [0, 0.05) is 13.2 Å². The molecule has 0 aliphatic carbocycles. The minimum Gasteiger partial charge on any atom is -0.350 e. The first kappa shape index (κ1) is 11.6. The molecule has 1 aromatic heterocycles. The molecule has 0 aliphatic heterocycles. The summed E-state index contributed by atoms with van der Waals surface area (Å²) in [6.45, 7) is 0. The Labute approximate surface area is 93.1 Å². The van der Waals surface area contributed by atoms with Crippen LogP contribution in [0.25, 0.3) is 11.3 Å². The van der Waals surface area contributed by atoms with E-state index in [1.165, 1.54) is 29.9 Å². The molecule has 0 unspecified atom stereocenters. The van der Waals surface area contributed by atoms with Crippen molar-refractivity contribution in [2.24, 2.45) is 7.05 Å². The van der Waals surface area contributed by atoms with Gasteiger partial charge in [-0.3, -0.25) is 0 Å². The van der Waals surface area contributed by atoms with Gasteiger partial charge in [0.1, 0.15) is 0 Å². The zero-order chi connectivity index (χ0) is 12.7. The molecule has 0 aliphatic rings. The molecule has 1 nitrogen and oxygen atoms in total. The van der Waals surface area contributed by atoms with Gasteiger partial charge in [0.25, 0.3) is 0 Å². The monoisotopic (exact) mass is 247 g/mol. The summed E-state index contributed by atoms with van der Waals surface area (Å²) in [6, 6.07) is 2.70. The molecule has 90 valence electrons. The highest BCUT2D eigenvalue weighted by Crippen LogP contribution is 2.31. The Bertz CT molecular complexity index is 559. The molecule has 1 aromatic carbocycles. The van der Waals surface area contributed by atoms with Gasteiger partial charge in [0.2, 0.25) is 5.82 Å². The lowest BCUT2D eigenvalue weighted by Gasteiger charge is -2.09. The molecule has 6 heteroatoms. The van der Waals surface area contributed by atoms with Crippen LogP contribution in [0.4, 0.5) is 22.0 Å². The number of hydrogen-bond acceptors (Lipinski definition) is 0. The van der Waals surface area contributed by atoms with E-state index in [9.17, 15) is 22.0 Å². The summed E-state index contributed by atoms with van der Waals surface area (Å²) in [6.07, 6.45) is 1.44. The molecule has 0 saturated carbocycles. The summed E-state index contributed by atoms with van der Waals surface area (Å²) >= 11 is 0. The first-order chi connectivity index (χ1) is 7.95. The maximum absolute atomic E-state index is 13.4. The highest BCUT2D eigenvalue weighted by atomic mass is 19.2. The predicted molar refractivity (Wildman–Crippen MR) is 50.6 cm³/mol. The number of aryl methyl sites for hydroxylation is 1. The fourth-order valence-corrected chi connectivity index (χ4v) is 1.55. The third kappa shape index (κ3) is 1.60. The molecule has 0 fully saturated rings. The number of aromatic nitrogens is 1. The van der Waals surface area contributed by atoms with Gasteiger partial charge in [0.15, 0.2) is 23.3 Å². The van der Waals surface area contributed by atoms with Crippen LogP contribution in [0, 0.1) is 29.1 Å². The van der Waals surface area contributed by atoms with E-state index in [0.717, 1.165) is 0 Å². The maximum Gasteiger partial charge on any atom is 0.200 e. The Hall–Kier alpha value is -1.85. The van der Waals surface area contributed by atoms with E-state index in [2.05, 4.69) is 0 Å². The smallest absolute Gasteiger partial charge is 0.200 e. The predicted octanol–water partition coefficient (Wildman–Crippen LogP) is 3.39. The van der Waals surface area contributed by atoms with Crippen LogP contribution < -0.4 is 0 Å². The lowest BCUT2D eigenvalue weighted by molar-refractivity contribution is 0.381. The molecule has 0 radical (unpaired) electrons. The van der Waals surface area contributed by atoms with E-state index in [1.54, 1.807) is 0 Å². The van der Waals surface area contributed by atoms with Gasteiger partial charge in [-0.05, 0) is 12.1 Å². The first-order valence-electron chi connectivity index (χ1n) is 4.58. The minimum atomic E-state index is -2.15. The van der Waals surface area contributed by atoms with Gasteiger partial charge in [-0.25, -0.2) is 22.0 Å². The molecule has 1 heterocycles. The third-order valence-electron chi connectivity index (χ3n) is 2.41. The number of benzene rings is 1. The molecule has 0 amide bonds. The second-order valence-electron chi connectivity index (χ2n) is 3.45. The van der Waals surface area contributed by atoms with Crippen molar-refractivity contribution in [3.05, 3.63) is 47.4 Å². The Balaban J connectivity index is 2.84. The van der Waals surface area contributed by atoms with Gasteiger partial charge in [-0.1, -0.05) is 0 Å². The Morgan fingerprint density at radius 1 is 0.824 bits per heavy atom. The van der Waals surface area contributed by atoms with Crippen LogP contribution in [0.2, 0.25) is 0 Å². The van der Waals surface area contributed by atoms with Crippen LogP contribution in [-0.2, 0) is 7.05 Å². The minimum absolute atomic E-state index is 0.0854. The van der Waals surface area contributed by atoms with Gasteiger partial charge in [-0.2, -0.15) is 0 Å². The molecule has 0 saturated heterocycles. The molecular weight excluding hydrogens is 241 g/mol. The Morgan fingerprint density at radius 3 is 1.71 bits per heavy atom. The largest absolute Gasteiger partial charge is 0.350 e. The summed E-state index contributed by atoms with van der Waals surface area (Å²) in [5.74, 6) is -9.70. The fraction of sp³-hybridized carbons (Fsp3) is 0.0909. The van der Waals surface area contributed by atoms with Crippen molar-refractivity contribution in [1.29, 1.82) is 0 Å². The zero-order valence-corrected chi connectivity index (χ0v) is 8.57. The van der Waals surface area contributed by atoms with Gasteiger partial charge < -0.3 is 4.57 Å². The first-order valence-corrected chi connectivity index (χ1v) is 4.58. The topological polar surface area (TPSA) is 4.93 Å². The van der Waals surface area contributed by atoms with E-state index in [1.807, 2.05) is 0 Å². The molecule has 0 spiro atoms. The lowest BCUT2D eigenvalue weighted by atomic mass is 10.1. The molecule has 0 atom stereocenters. The Kier molecular flexibility index (Phi) is 2.65. The average molecular weight is 247 g/mol. The normalized spacial score (nSPS) is 10.9. The Morgan fingerprint density at radius 2 is 1.29 bits per heavy atom. The van der Waals surface area contributed by atoms with Crippen LogP contribution in [0.1, 0.15) is 0 Å². The van der Waals surface area contributed by atoms with E-state index in [4.69, 9.17) is 0 Å². The third-order valence-corrected chi connectivity index (χ3v) is 2.41. The summed E-state index contributed by atoms with van der Waals surface area (Å²) < 4.78 is 66.8. The molecule has 0 bridgehead atoms. The second-order valence-corrected chi connectivity index (χ2v) is 3.45. The molecule has 2 rings (SSSR count). The van der Waals surface area contributed by atoms with E-state index < -0.39 is 34.6 Å². The number of halogens is 5. The quantitative estimate of drug-likeness (QED) is 0.413. The van der Waals surface area contributed by atoms with Crippen molar-refractivity contribution in [3.8, 4) is 11.3 Å². The van der Waals surface area contributed by atoms with Crippen molar-refractivity contribution in [2.75, 3.05) is 0 Å². The van der Waals surface area contributed by atoms with Crippen LogP contribution in [0.3, 0.4) is 0 Å². The maximum atomic E-state index is 13.4. The highest BCUT2D eigenvalue weighted by molar-refractivity contribution is 5.62. The number of nitrogens with zero attached hydrogens (tertiary/aromatic N) is 1. The van der Waals surface area contributed by atoms with E-state index >= 15 is 0 Å². The van der Waals surface area contributed by atoms with Crippen molar-refractivity contribution >= 4 is 0 Å². The molecular formula is C11H6F5N. The van der Waals surface area contributed by atoms with Gasteiger partial charge in [-0.15, -0.1) is 0 Å². The average Bonchev–Trinajstić information content (AvgIpc) is 2.71. The zero-order valence-electron chi connectivity index (χ0n) is 8.57. The summed E-state index contributed by atoms with van der Waals surface area (Å²) in [7, 11) is 1.44. The molecule has 17 heavy (non-hydrogen) atoms. The van der Waals surface area contributed by atoms with Crippen LogP contribution >= 0.6 is 0 Å². The van der Waals surface area contributed by atoms with Crippen molar-refractivity contribution in [1.82, 2.24) is 4.57 Å². The lowest BCUT2D eigenvalue weighted by Crippen LogP contribution is -2.05. The molecule has 0 N–H and O–H groups in total. The van der Waals surface area contributed by atoms with Crippen molar-refractivity contribution in [3.63, 3.8) is 0 Å². The summed E-state index contributed by atoms with van der Waals surface area (Å²) in [5, 5.41) is 0. The van der Waals surface area contributed by atoms with Crippen molar-refractivity contribution < 1.29 is 22.0 Å². The fourth-order valence-electron chi connectivity index (χ4n) is 1.55. The van der Waals surface area contributed by atoms with Gasteiger partial charge >= 0.3 is 0 Å². The van der Waals surface area contributed by atoms with Crippen LogP contribution in [0.5, 0.6) is 0 Å². The number of rotatable bonds is 1. The standard InChI is InChI=1S/C11H6F5N/c1-17-4-2-3-5(17)6-7(12)9(14)11(16)10(15)8(6)13/h2-4H,1H3. The summed E-state index contributed by atoms with van der Waals surface area (Å²) in [5.41, 5.74) is -1.01. The van der Waals surface area contributed by atoms with Crippen LogP contribution in [-0.4, -0.2) is 4.57 Å². The van der Waals surface area contributed by atoms with Crippen molar-refractivity contribution in [2.45, 2.75) is 0 Å². The summed E-state index contributed by atoms with van der Waals surface area (Å²) in [4.78, 5) is 0. The molecule has 2 aromatic rings. The second kappa shape index (κ2) is 3.87. The van der Waals surface area contributed by atoms with Gasteiger partial charge in [0.05, 0.1) is 11.3 Å².